The molecular formula is C14H17F3N4O4. The van der Waals surface area contributed by atoms with Crippen LogP contribution in [0.5, 0.6) is 0 Å². The molecule has 0 unspecified atom stereocenters. The van der Waals surface area contributed by atoms with E-state index >= 15 is 0 Å². The van der Waals surface area contributed by atoms with E-state index in [2.05, 4.69) is 5.43 Å². The third-order valence-electron chi connectivity index (χ3n) is 3.36. The van der Waals surface area contributed by atoms with Gasteiger partial charge in [-0.1, -0.05) is 6.07 Å². The Kier molecular flexibility index (Phi) is 6.74. The van der Waals surface area contributed by atoms with Crippen molar-refractivity contribution in [1.82, 2.24) is 4.90 Å². The Hall–Kier alpha value is -2.82. The van der Waals surface area contributed by atoms with E-state index in [0.717, 1.165) is 6.42 Å². The van der Waals surface area contributed by atoms with Gasteiger partial charge in [0, 0.05) is 17.8 Å². The number of likely N-dealkylation sites (tertiary alicyclic amines) is 1. The number of carboxylic acid groups (broad SMARTS) is 1. The lowest BCUT2D eigenvalue weighted by Crippen LogP contribution is -2.43. The summed E-state index contributed by atoms with van der Waals surface area (Å²) in [5.41, 5.74) is 8.93. The van der Waals surface area contributed by atoms with Gasteiger partial charge < -0.3 is 21.2 Å². The Labute approximate surface area is 140 Å². The van der Waals surface area contributed by atoms with Crippen molar-refractivity contribution in [2.45, 2.75) is 25.1 Å². The van der Waals surface area contributed by atoms with E-state index in [1.807, 2.05) is 0 Å². The van der Waals surface area contributed by atoms with Crippen molar-refractivity contribution in [3.05, 3.63) is 29.8 Å². The molecule has 25 heavy (non-hydrogen) atoms. The molecule has 8 nitrogen and oxygen atoms in total. The summed E-state index contributed by atoms with van der Waals surface area (Å²) in [6.45, 7) is 0.562. The highest BCUT2D eigenvalue weighted by atomic mass is 19.4. The Balaban J connectivity index is 0.000000381. The minimum atomic E-state index is -5.08. The maximum absolute atomic E-state index is 12.3. The van der Waals surface area contributed by atoms with Gasteiger partial charge in [-0.05, 0) is 31.0 Å². The van der Waals surface area contributed by atoms with Crippen LogP contribution in [0.15, 0.2) is 24.3 Å². The van der Waals surface area contributed by atoms with E-state index in [9.17, 15) is 22.8 Å². The average Bonchev–Trinajstić information content (AvgIpc) is 3.03. The number of nitrogens with zero attached hydrogens (tertiary/aromatic N) is 1. The molecule has 0 radical (unpaired) electrons. The van der Waals surface area contributed by atoms with Crippen molar-refractivity contribution in [3.8, 4) is 0 Å². The Bertz CT molecular complexity index is 651. The highest BCUT2D eigenvalue weighted by Gasteiger charge is 2.38. The summed E-state index contributed by atoms with van der Waals surface area (Å²) >= 11 is 0. The second-order valence-electron chi connectivity index (χ2n) is 5.09. The van der Waals surface area contributed by atoms with Crippen LogP contribution in [0.4, 0.5) is 18.9 Å². The molecule has 0 aromatic heterocycles. The van der Waals surface area contributed by atoms with Gasteiger partial charge in [-0.3, -0.25) is 15.4 Å². The molecular weight excluding hydrogens is 345 g/mol. The second-order valence-corrected chi connectivity index (χ2v) is 5.09. The smallest absolute Gasteiger partial charge is 0.475 e. The molecule has 0 saturated carbocycles. The van der Waals surface area contributed by atoms with Crippen LogP contribution in [0.1, 0.15) is 23.2 Å². The second kappa shape index (κ2) is 8.33. The van der Waals surface area contributed by atoms with Crippen molar-refractivity contribution in [2.75, 3.05) is 12.0 Å². The number of nitrogens with one attached hydrogen (secondary N) is 1. The number of nitrogens with two attached hydrogens (primary N) is 2. The van der Waals surface area contributed by atoms with Crippen LogP contribution in [0.3, 0.4) is 0 Å². The zero-order chi connectivity index (χ0) is 19.2. The van der Waals surface area contributed by atoms with Crippen molar-refractivity contribution in [1.29, 1.82) is 0 Å². The topological polar surface area (TPSA) is 139 Å². The van der Waals surface area contributed by atoms with Crippen molar-refractivity contribution in [2.24, 2.45) is 11.6 Å². The van der Waals surface area contributed by atoms with E-state index in [1.54, 1.807) is 24.3 Å². The summed E-state index contributed by atoms with van der Waals surface area (Å²) in [5, 5.41) is 7.12. The molecule has 2 rings (SSSR count). The number of carbonyl (C=O) groups excluding carboxylic acids is 2. The summed E-state index contributed by atoms with van der Waals surface area (Å²) in [6.07, 6.45) is -3.65. The van der Waals surface area contributed by atoms with Gasteiger partial charge in [0.05, 0.1) is 0 Å². The lowest BCUT2D eigenvalue weighted by Gasteiger charge is -2.22. The van der Waals surface area contributed by atoms with Crippen molar-refractivity contribution in [3.63, 3.8) is 0 Å². The molecule has 1 aromatic rings. The molecule has 1 atom stereocenters. The van der Waals surface area contributed by atoms with E-state index in [4.69, 9.17) is 21.5 Å². The molecule has 1 saturated heterocycles. The van der Waals surface area contributed by atoms with Gasteiger partial charge in [-0.15, -0.1) is 0 Å². The van der Waals surface area contributed by atoms with Gasteiger partial charge >= 0.3 is 12.1 Å². The first-order valence-electron chi connectivity index (χ1n) is 7.05. The predicted octanol–water partition coefficient (Wildman–Crippen LogP) is 0.695. The first-order chi connectivity index (χ1) is 11.6. The quantitative estimate of drug-likeness (QED) is 0.461. The van der Waals surface area contributed by atoms with Crippen LogP contribution >= 0.6 is 0 Å². The first-order valence-corrected chi connectivity index (χ1v) is 7.05. The van der Waals surface area contributed by atoms with E-state index in [0.29, 0.717) is 24.2 Å². The van der Waals surface area contributed by atoms with Crippen LogP contribution in [0.25, 0.3) is 0 Å². The monoisotopic (exact) mass is 362 g/mol. The van der Waals surface area contributed by atoms with E-state index in [-0.39, 0.29) is 5.91 Å². The highest BCUT2D eigenvalue weighted by Crippen LogP contribution is 2.21. The number of carboxylic acids is 1. The van der Waals surface area contributed by atoms with E-state index in [1.165, 1.54) is 4.90 Å². The van der Waals surface area contributed by atoms with Gasteiger partial charge in [-0.25, -0.2) is 4.79 Å². The van der Waals surface area contributed by atoms with Gasteiger partial charge in [-0.2, -0.15) is 13.2 Å². The van der Waals surface area contributed by atoms with Gasteiger partial charge in [0.15, 0.2) is 0 Å². The number of nitrogen functional groups attached to an aromatic ring is 1. The number of halogens is 3. The highest BCUT2D eigenvalue weighted by molar-refractivity contribution is 5.98. The molecule has 1 heterocycles. The number of hydrogen-bond donors (Lipinski definition) is 4. The van der Waals surface area contributed by atoms with Gasteiger partial charge in [0.2, 0.25) is 5.91 Å². The standard InChI is InChI=1S/C12H16N4O2.C2HF3O2/c13-11(17)10-5-2-6-16(10)12(18)8-3-1-4-9(7-8)15-14;3-2(4,5)1(6)7/h1,3-4,7,10,15H,2,5-6,14H2,(H2,13,17);(H,6,7)/t10-;/m1./s1. The number of aliphatic carboxylic acids is 1. The molecule has 0 aliphatic carbocycles. The maximum atomic E-state index is 12.3. The van der Waals surface area contributed by atoms with Crippen LogP contribution < -0.4 is 17.0 Å². The molecule has 1 aliphatic heterocycles. The lowest BCUT2D eigenvalue weighted by molar-refractivity contribution is -0.192. The van der Waals surface area contributed by atoms with Crippen molar-refractivity contribution >= 4 is 23.5 Å². The number of rotatable bonds is 3. The number of primary amides is 1. The molecule has 6 N–H and O–H groups in total. The summed E-state index contributed by atoms with van der Waals surface area (Å²) in [4.78, 5) is 34.0. The lowest BCUT2D eigenvalue weighted by atomic mass is 10.1. The summed E-state index contributed by atoms with van der Waals surface area (Å²) in [5.74, 6) is 1.91. The molecule has 0 spiro atoms. The number of amides is 2. The zero-order valence-electron chi connectivity index (χ0n) is 12.9. The fourth-order valence-electron chi connectivity index (χ4n) is 2.21. The summed E-state index contributed by atoms with van der Waals surface area (Å²) < 4.78 is 31.7. The first kappa shape index (κ1) is 20.2. The number of anilines is 1. The third kappa shape index (κ3) is 5.64. The molecule has 11 heteroatoms. The molecule has 2 amide bonds. The van der Waals surface area contributed by atoms with Gasteiger partial charge in [0.1, 0.15) is 6.04 Å². The Morgan fingerprint density at radius 2 is 1.88 bits per heavy atom. The largest absolute Gasteiger partial charge is 0.490 e. The molecule has 0 bridgehead atoms. The minimum Gasteiger partial charge on any atom is -0.475 e. The summed E-state index contributed by atoms with van der Waals surface area (Å²) in [7, 11) is 0. The normalized spacial score (nSPS) is 16.6. The van der Waals surface area contributed by atoms with Crippen LogP contribution in [-0.2, 0) is 9.59 Å². The third-order valence-corrected chi connectivity index (χ3v) is 3.36. The molecule has 1 fully saturated rings. The zero-order valence-corrected chi connectivity index (χ0v) is 12.9. The number of carbonyl (C=O) groups is 3. The maximum Gasteiger partial charge on any atom is 0.490 e. The number of alkyl halides is 3. The van der Waals surface area contributed by atoms with Gasteiger partial charge in [0.25, 0.3) is 5.91 Å². The summed E-state index contributed by atoms with van der Waals surface area (Å²) in [6, 6.07) is 6.34. The van der Waals surface area contributed by atoms with E-state index < -0.39 is 24.1 Å². The Morgan fingerprint density at radius 1 is 1.28 bits per heavy atom. The number of benzene rings is 1. The number of hydrogen-bond acceptors (Lipinski definition) is 5. The number of hydrazine groups is 1. The van der Waals surface area contributed by atoms with Crippen molar-refractivity contribution < 1.29 is 32.7 Å². The molecule has 138 valence electrons. The predicted molar refractivity (Wildman–Crippen MR) is 81.2 cm³/mol. The SMILES string of the molecule is NNc1cccc(C(=O)N2CCC[C@@H]2C(N)=O)c1.O=C(O)C(F)(F)F. The fraction of sp³-hybridized carbons (Fsp3) is 0.357. The fourth-order valence-corrected chi connectivity index (χ4v) is 2.21. The molecule has 1 aliphatic rings. The Morgan fingerprint density at radius 3 is 2.36 bits per heavy atom. The molecule has 1 aromatic carbocycles. The van der Waals surface area contributed by atoms with Crippen LogP contribution in [-0.4, -0.2) is 46.6 Å². The van der Waals surface area contributed by atoms with Crippen LogP contribution in [0, 0.1) is 0 Å². The average molecular weight is 362 g/mol. The minimum absolute atomic E-state index is 0.187. The van der Waals surface area contributed by atoms with Crippen LogP contribution in [0.2, 0.25) is 0 Å².